The van der Waals surface area contributed by atoms with Crippen molar-refractivity contribution in [2.45, 2.75) is 20.5 Å². The van der Waals surface area contributed by atoms with Gasteiger partial charge in [0.25, 0.3) is 11.8 Å². The third kappa shape index (κ3) is 4.54. The number of carbonyl (C=O) groups is 3. The second-order valence-electron chi connectivity index (χ2n) is 7.86. The maximum absolute atomic E-state index is 13.2. The summed E-state index contributed by atoms with van der Waals surface area (Å²) in [5.41, 5.74) is 3.55. The molecule has 0 aliphatic carbocycles. The first-order valence-electron chi connectivity index (χ1n) is 10.7. The number of methoxy groups -OCH3 is 1. The number of hydrogen-bond donors (Lipinski definition) is 1. The number of imide groups is 2. The molecular weight excluding hydrogens is 432 g/mol. The van der Waals surface area contributed by atoms with Gasteiger partial charge in [-0.3, -0.25) is 14.9 Å². The van der Waals surface area contributed by atoms with Gasteiger partial charge in [0.1, 0.15) is 12.2 Å². The monoisotopic (exact) mass is 456 g/mol. The molecule has 172 valence electrons. The van der Waals surface area contributed by atoms with Crippen LogP contribution in [0.1, 0.15) is 22.3 Å². The lowest BCUT2D eigenvalue weighted by molar-refractivity contribution is -0.122. The summed E-state index contributed by atoms with van der Waals surface area (Å²) in [7, 11) is 1.51. The van der Waals surface area contributed by atoms with Crippen molar-refractivity contribution in [2.24, 2.45) is 0 Å². The highest BCUT2D eigenvalue weighted by atomic mass is 16.5. The molecule has 1 aliphatic rings. The van der Waals surface area contributed by atoms with E-state index in [1.807, 2.05) is 50.2 Å². The molecule has 0 atom stereocenters. The van der Waals surface area contributed by atoms with E-state index in [-0.39, 0.29) is 5.57 Å². The Balaban J connectivity index is 1.63. The first-order valence-corrected chi connectivity index (χ1v) is 10.7. The summed E-state index contributed by atoms with van der Waals surface area (Å²) in [5.74, 6) is -0.456. The molecule has 3 aromatic carbocycles. The van der Waals surface area contributed by atoms with E-state index in [4.69, 9.17) is 9.47 Å². The topological polar surface area (TPSA) is 84.9 Å². The molecule has 1 fully saturated rings. The molecule has 0 saturated carbocycles. The van der Waals surface area contributed by atoms with Crippen molar-refractivity contribution in [2.75, 3.05) is 12.0 Å². The van der Waals surface area contributed by atoms with Crippen LogP contribution in [-0.4, -0.2) is 25.0 Å². The zero-order valence-corrected chi connectivity index (χ0v) is 19.1. The average Bonchev–Trinajstić information content (AvgIpc) is 2.84. The van der Waals surface area contributed by atoms with Crippen molar-refractivity contribution in [3.05, 3.63) is 94.6 Å². The molecule has 34 heavy (non-hydrogen) atoms. The minimum atomic E-state index is -0.775. The first kappa shape index (κ1) is 22.8. The SMILES string of the molecule is COc1cc(/C=C2\C(=O)NC(=O)N(c3cccc(C)c3C)C2=O)ccc1OCc1ccccc1. The van der Waals surface area contributed by atoms with Gasteiger partial charge >= 0.3 is 6.03 Å². The predicted molar refractivity (Wildman–Crippen MR) is 129 cm³/mol. The van der Waals surface area contributed by atoms with E-state index in [9.17, 15) is 14.4 Å². The number of benzene rings is 3. The lowest BCUT2D eigenvalue weighted by Crippen LogP contribution is -2.54. The number of aryl methyl sites for hydroxylation is 1. The molecule has 0 radical (unpaired) electrons. The highest BCUT2D eigenvalue weighted by Gasteiger charge is 2.37. The molecule has 4 amide bonds. The predicted octanol–water partition coefficient (Wildman–Crippen LogP) is 4.56. The van der Waals surface area contributed by atoms with Crippen LogP contribution in [0, 0.1) is 13.8 Å². The second-order valence-corrected chi connectivity index (χ2v) is 7.86. The Morgan fingerprint density at radius 1 is 0.912 bits per heavy atom. The minimum absolute atomic E-state index is 0.152. The summed E-state index contributed by atoms with van der Waals surface area (Å²) >= 11 is 0. The van der Waals surface area contributed by atoms with E-state index in [1.165, 1.54) is 13.2 Å². The largest absolute Gasteiger partial charge is 0.493 e. The molecule has 3 aromatic rings. The molecule has 0 spiro atoms. The van der Waals surface area contributed by atoms with E-state index >= 15 is 0 Å². The maximum Gasteiger partial charge on any atom is 0.335 e. The third-order valence-electron chi connectivity index (χ3n) is 5.65. The van der Waals surface area contributed by atoms with Crippen molar-refractivity contribution in [1.82, 2.24) is 5.32 Å². The van der Waals surface area contributed by atoms with Crippen LogP contribution in [0.2, 0.25) is 0 Å². The molecule has 0 bridgehead atoms. The van der Waals surface area contributed by atoms with E-state index in [0.717, 1.165) is 21.6 Å². The van der Waals surface area contributed by atoms with E-state index < -0.39 is 17.8 Å². The summed E-state index contributed by atoms with van der Waals surface area (Å²) < 4.78 is 11.3. The Hall–Kier alpha value is -4.39. The van der Waals surface area contributed by atoms with E-state index in [0.29, 0.717) is 29.4 Å². The van der Waals surface area contributed by atoms with E-state index in [2.05, 4.69) is 5.32 Å². The molecule has 1 aliphatic heterocycles. The summed E-state index contributed by atoms with van der Waals surface area (Å²) in [6.45, 7) is 4.08. The molecule has 0 aromatic heterocycles. The van der Waals surface area contributed by atoms with Crippen LogP contribution in [-0.2, 0) is 16.2 Å². The smallest absolute Gasteiger partial charge is 0.335 e. The van der Waals surface area contributed by atoms with Crippen LogP contribution < -0.4 is 19.7 Å². The van der Waals surface area contributed by atoms with Gasteiger partial charge in [-0.15, -0.1) is 0 Å². The van der Waals surface area contributed by atoms with Crippen LogP contribution >= 0.6 is 0 Å². The van der Waals surface area contributed by atoms with Gasteiger partial charge < -0.3 is 9.47 Å². The summed E-state index contributed by atoms with van der Waals surface area (Å²) in [6.07, 6.45) is 1.44. The highest BCUT2D eigenvalue weighted by Crippen LogP contribution is 2.31. The lowest BCUT2D eigenvalue weighted by Gasteiger charge is -2.28. The number of urea groups is 1. The first-order chi connectivity index (χ1) is 16.4. The lowest BCUT2D eigenvalue weighted by atomic mass is 10.0. The van der Waals surface area contributed by atoms with Crippen molar-refractivity contribution in [1.29, 1.82) is 0 Å². The summed E-state index contributed by atoms with van der Waals surface area (Å²) in [5, 5.41) is 2.26. The fourth-order valence-electron chi connectivity index (χ4n) is 3.65. The summed E-state index contributed by atoms with van der Waals surface area (Å²) in [4.78, 5) is 39.3. The Labute approximate surface area is 197 Å². The van der Waals surface area contributed by atoms with Gasteiger partial charge in [0.2, 0.25) is 0 Å². The molecular formula is C27H24N2O5. The number of ether oxygens (including phenoxy) is 2. The third-order valence-corrected chi connectivity index (χ3v) is 5.65. The highest BCUT2D eigenvalue weighted by molar-refractivity contribution is 6.39. The molecule has 0 unspecified atom stereocenters. The van der Waals surface area contributed by atoms with Gasteiger partial charge in [-0.05, 0) is 60.4 Å². The van der Waals surface area contributed by atoms with Crippen LogP contribution in [0.5, 0.6) is 11.5 Å². The quantitative estimate of drug-likeness (QED) is 0.434. The number of barbiturate groups is 1. The van der Waals surface area contributed by atoms with Crippen LogP contribution in [0.15, 0.2) is 72.3 Å². The minimum Gasteiger partial charge on any atom is -0.493 e. The number of anilines is 1. The van der Waals surface area contributed by atoms with Crippen molar-refractivity contribution in [3.8, 4) is 11.5 Å². The summed E-state index contributed by atoms with van der Waals surface area (Å²) in [6, 6.07) is 19.4. The number of nitrogens with zero attached hydrogens (tertiary/aromatic N) is 1. The fraction of sp³-hybridized carbons (Fsp3) is 0.148. The number of nitrogens with one attached hydrogen (secondary N) is 1. The fourth-order valence-corrected chi connectivity index (χ4v) is 3.65. The Bertz CT molecular complexity index is 1300. The number of hydrogen-bond acceptors (Lipinski definition) is 5. The zero-order valence-electron chi connectivity index (χ0n) is 19.1. The number of amides is 4. The van der Waals surface area contributed by atoms with Crippen LogP contribution in [0.3, 0.4) is 0 Å². The van der Waals surface area contributed by atoms with Crippen molar-refractivity contribution < 1.29 is 23.9 Å². The standard InChI is InChI=1S/C27H24N2O5/c1-17-8-7-11-22(18(17)2)29-26(31)21(25(30)28-27(29)32)14-20-12-13-23(24(15-20)33-3)34-16-19-9-5-4-6-10-19/h4-15H,16H2,1-3H3,(H,28,30,32)/b21-14+. The van der Waals surface area contributed by atoms with Gasteiger partial charge in [0.05, 0.1) is 12.8 Å². The Kier molecular flexibility index (Phi) is 6.45. The normalized spacial score (nSPS) is 14.9. The van der Waals surface area contributed by atoms with Gasteiger partial charge in [-0.25, -0.2) is 9.69 Å². The zero-order chi connectivity index (χ0) is 24.2. The van der Waals surface area contributed by atoms with Gasteiger partial charge in [-0.2, -0.15) is 0 Å². The average molecular weight is 456 g/mol. The second kappa shape index (κ2) is 9.62. The van der Waals surface area contributed by atoms with E-state index in [1.54, 1.807) is 30.3 Å². The molecule has 1 heterocycles. The molecule has 4 rings (SSSR count). The molecule has 7 nitrogen and oxygen atoms in total. The molecule has 1 saturated heterocycles. The van der Waals surface area contributed by atoms with Gasteiger partial charge in [-0.1, -0.05) is 48.5 Å². The maximum atomic E-state index is 13.2. The number of carbonyl (C=O) groups excluding carboxylic acids is 3. The van der Waals surface area contributed by atoms with Gasteiger partial charge in [0, 0.05) is 0 Å². The van der Waals surface area contributed by atoms with Gasteiger partial charge in [0.15, 0.2) is 11.5 Å². The Morgan fingerprint density at radius 2 is 1.68 bits per heavy atom. The molecule has 7 heteroatoms. The van der Waals surface area contributed by atoms with Crippen LogP contribution in [0.25, 0.3) is 6.08 Å². The van der Waals surface area contributed by atoms with Crippen molar-refractivity contribution in [3.63, 3.8) is 0 Å². The Morgan fingerprint density at radius 3 is 2.41 bits per heavy atom. The van der Waals surface area contributed by atoms with Crippen molar-refractivity contribution >= 4 is 29.6 Å². The molecule has 1 N–H and O–H groups in total. The number of rotatable bonds is 6. The van der Waals surface area contributed by atoms with Crippen LogP contribution in [0.4, 0.5) is 10.5 Å².